The van der Waals surface area contributed by atoms with Crippen molar-refractivity contribution in [2.75, 3.05) is 7.11 Å². The summed E-state index contributed by atoms with van der Waals surface area (Å²) in [4.78, 5) is 27.4. The number of carboxylic acid groups (broad SMARTS) is 1. The quantitative estimate of drug-likeness (QED) is 0.752. The van der Waals surface area contributed by atoms with Crippen molar-refractivity contribution in [1.29, 1.82) is 0 Å². The Morgan fingerprint density at radius 1 is 1.17 bits per heavy atom. The van der Waals surface area contributed by atoms with Crippen LogP contribution in [0.15, 0.2) is 42.6 Å². The summed E-state index contributed by atoms with van der Waals surface area (Å²) in [7, 11) is 1.28. The first-order valence-electron chi connectivity index (χ1n) is 6.92. The number of benzene rings is 1. The van der Waals surface area contributed by atoms with Gasteiger partial charge in [0.15, 0.2) is 5.69 Å². The minimum atomic E-state index is -1.15. The predicted molar refractivity (Wildman–Crippen MR) is 83.7 cm³/mol. The van der Waals surface area contributed by atoms with Crippen molar-refractivity contribution in [3.63, 3.8) is 0 Å². The van der Waals surface area contributed by atoms with Gasteiger partial charge in [-0.3, -0.25) is 4.40 Å². The van der Waals surface area contributed by atoms with E-state index in [1.807, 2.05) is 31.2 Å². The van der Waals surface area contributed by atoms with Crippen molar-refractivity contribution < 1.29 is 19.4 Å². The Labute approximate surface area is 132 Å². The molecule has 1 N–H and O–H groups in total. The van der Waals surface area contributed by atoms with Crippen LogP contribution in [0.4, 0.5) is 0 Å². The summed E-state index contributed by atoms with van der Waals surface area (Å²) in [5.74, 6) is -1.17. The van der Waals surface area contributed by atoms with Gasteiger partial charge in [0.25, 0.3) is 0 Å². The molecule has 0 radical (unpaired) electrons. The number of carbonyl (C=O) groups excluding carboxylic acids is 1. The minimum absolute atomic E-state index is 0.105. The molecule has 0 saturated carbocycles. The number of aryl methyl sites for hydroxylation is 1. The van der Waals surface area contributed by atoms with Crippen LogP contribution in [0.3, 0.4) is 0 Å². The lowest BCUT2D eigenvalue weighted by molar-refractivity contribution is 0.0599. The largest absolute Gasteiger partial charge is 0.476 e. The fraction of sp³-hybridized carbons (Fsp3) is 0.118. The summed E-state index contributed by atoms with van der Waals surface area (Å²) in [6, 6.07) is 10.7. The average molecular weight is 310 g/mol. The number of rotatable bonds is 3. The van der Waals surface area contributed by atoms with Crippen LogP contribution in [0.2, 0.25) is 0 Å². The van der Waals surface area contributed by atoms with E-state index in [-0.39, 0.29) is 11.3 Å². The van der Waals surface area contributed by atoms with E-state index in [1.165, 1.54) is 13.2 Å². The molecular weight excluding hydrogens is 296 g/mol. The number of fused-ring (bicyclic) bond motifs is 1. The second kappa shape index (κ2) is 5.57. The lowest BCUT2D eigenvalue weighted by Gasteiger charge is -2.04. The molecule has 23 heavy (non-hydrogen) atoms. The van der Waals surface area contributed by atoms with Gasteiger partial charge >= 0.3 is 11.9 Å². The van der Waals surface area contributed by atoms with E-state index in [9.17, 15) is 14.7 Å². The van der Waals surface area contributed by atoms with Crippen LogP contribution in [0.5, 0.6) is 0 Å². The van der Waals surface area contributed by atoms with Gasteiger partial charge in [-0.25, -0.2) is 14.6 Å². The number of hydrogen-bond donors (Lipinski definition) is 1. The zero-order valence-electron chi connectivity index (χ0n) is 12.6. The molecule has 6 heteroatoms. The zero-order valence-corrected chi connectivity index (χ0v) is 12.6. The van der Waals surface area contributed by atoms with E-state index >= 15 is 0 Å². The third-order valence-corrected chi connectivity index (χ3v) is 3.58. The number of carboxylic acids is 1. The van der Waals surface area contributed by atoms with Crippen molar-refractivity contribution in [2.45, 2.75) is 6.92 Å². The van der Waals surface area contributed by atoms with Gasteiger partial charge in [-0.2, -0.15) is 0 Å². The summed E-state index contributed by atoms with van der Waals surface area (Å²) in [5, 5.41) is 9.38. The Morgan fingerprint density at radius 3 is 2.48 bits per heavy atom. The summed E-state index contributed by atoms with van der Waals surface area (Å²) in [5.41, 5.74) is 2.41. The zero-order chi connectivity index (χ0) is 16.6. The first kappa shape index (κ1) is 14.8. The molecule has 0 aliphatic heterocycles. The van der Waals surface area contributed by atoms with E-state index in [4.69, 9.17) is 0 Å². The molecule has 3 aromatic rings. The lowest BCUT2D eigenvalue weighted by atomic mass is 10.1. The Balaban J connectivity index is 2.26. The van der Waals surface area contributed by atoms with Crippen molar-refractivity contribution in [2.24, 2.45) is 0 Å². The number of pyridine rings is 1. The second-order valence-electron chi connectivity index (χ2n) is 5.12. The molecule has 1 aromatic carbocycles. The van der Waals surface area contributed by atoms with E-state index in [0.717, 1.165) is 11.1 Å². The molecule has 3 rings (SSSR count). The minimum Gasteiger partial charge on any atom is -0.476 e. The Kier molecular flexibility index (Phi) is 3.57. The molecule has 0 amide bonds. The maximum atomic E-state index is 11.7. The summed E-state index contributed by atoms with van der Waals surface area (Å²) < 4.78 is 6.33. The topological polar surface area (TPSA) is 80.9 Å². The Bertz CT molecular complexity index is 910. The first-order chi connectivity index (χ1) is 11.0. The van der Waals surface area contributed by atoms with Crippen molar-refractivity contribution >= 4 is 17.5 Å². The molecule has 116 valence electrons. The number of nitrogens with zero attached hydrogens (tertiary/aromatic N) is 2. The number of aromatic carboxylic acids is 1. The fourth-order valence-electron chi connectivity index (χ4n) is 2.39. The van der Waals surface area contributed by atoms with Gasteiger partial charge in [0, 0.05) is 11.8 Å². The van der Waals surface area contributed by atoms with Crippen LogP contribution < -0.4 is 0 Å². The van der Waals surface area contributed by atoms with Crippen LogP contribution in [-0.4, -0.2) is 33.5 Å². The molecule has 2 aromatic heterocycles. The highest BCUT2D eigenvalue weighted by Gasteiger charge is 2.19. The van der Waals surface area contributed by atoms with Crippen LogP contribution in [0.1, 0.15) is 26.4 Å². The van der Waals surface area contributed by atoms with E-state index in [1.54, 1.807) is 16.7 Å². The van der Waals surface area contributed by atoms with Gasteiger partial charge in [0.2, 0.25) is 0 Å². The maximum Gasteiger partial charge on any atom is 0.356 e. The number of aromatic nitrogens is 2. The maximum absolute atomic E-state index is 11.7. The van der Waals surface area contributed by atoms with Crippen molar-refractivity contribution in [3.05, 3.63) is 59.4 Å². The smallest absolute Gasteiger partial charge is 0.356 e. The molecule has 0 saturated heterocycles. The number of ether oxygens (including phenoxy) is 1. The Hall–Kier alpha value is -3.15. The molecule has 0 aliphatic carbocycles. The number of imidazole rings is 1. The van der Waals surface area contributed by atoms with Crippen molar-refractivity contribution in [3.8, 4) is 11.4 Å². The molecule has 0 bridgehead atoms. The van der Waals surface area contributed by atoms with Gasteiger partial charge < -0.3 is 9.84 Å². The number of esters is 1. The highest BCUT2D eigenvalue weighted by Crippen LogP contribution is 2.24. The molecule has 0 fully saturated rings. The van der Waals surface area contributed by atoms with Crippen LogP contribution >= 0.6 is 0 Å². The summed E-state index contributed by atoms with van der Waals surface area (Å²) in [6.45, 7) is 1.97. The first-order valence-corrected chi connectivity index (χ1v) is 6.92. The van der Waals surface area contributed by atoms with E-state index < -0.39 is 11.9 Å². The van der Waals surface area contributed by atoms with E-state index in [2.05, 4.69) is 9.72 Å². The molecule has 0 spiro atoms. The fourth-order valence-corrected chi connectivity index (χ4v) is 2.39. The molecule has 0 atom stereocenters. The molecule has 0 unspecified atom stereocenters. The third-order valence-electron chi connectivity index (χ3n) is 3.58. The predicted octanol–water partition coefficient (Wildman–Crippen LogP) is 2.79. The van der Waals surface area contributed by atoms with E-state index in [0.29, 0.717) is 11.3 Å². The summed E-state index contributed by atoms with van der Waals surface area (Å²) in [6.07, 6.45) is 1.62. The van der Waals surface area contributed by atoms with Crippen molar-refractivity contribution in [1.82, 2.24) is 9.38 Å². The monoisotopic (exact) mass is 310 g/mol. The van der Waals surface area contributed by atoms with Crippen LogP contribution in [0.25, 0.3) is 16.9 Å². The highest BCUT2D eigenvalue weighted by molar-refractivity contribution is 5.97. The molecule has 6 nitrogen and oxygen atoms in total. The normalized spacial score (nSPS) is 10.7. The number of carbonyl (C=O) groups is 2. The standard InChI is InChI=1S/C17H14N2O4/c1-10-3-5-11(6-4-10)15-18-14(16(20)21)13-9-12(17(22)23-2)7-8-19(13)15/h3-9H,1-2H3,(H,20,21). The SMILES string of the molecule is COC(=O)c1ccn2c(-c3ccc(C)cc3)nc(C(=O)O)c2c1. The molecule has 2 heterocycles. The average Bonchev–Trinajstić information content (AvgIpc) is 2.93. The third kappa shape index (κ3) is 2.55. The number of methoxy groups -OCH3 is 1. The van der Waals surface area contributed by atoms with Crippen LogP contribution in [0, 0.1) is 6.92 Å². The highest BCUT2D eigenvalue weighted by atomic mass is 16.5. The molecular formula is C17H14N2O4. The second-order valence-corrected chi connectivity index (χ2v) is 5.12. The van der Waals surface area contributed by atoms with Gasteiger partial charge in [0.1, 0.15) is 5.82 Å². The Morgan fingerprint density at radius 2 is 1.87 bits per heavy atom. The van der Waals surface area contributed by atoms with Crippen LogP contribution in [-0.2, 0) is 4.74 Å². The van der Waals surface area contributed by atoms with Gasteiger partial charge in [-0.15, -0.1) is 0 Å². The van der Waals surface area contributed by atoms with Gasteiger partial charge in [0.05, 0.1) is 18.2 Å². The molecule has 0 aliphatic rings. The number of hydrogen-bond acceptors (Lipinski definition) is 4. The van der Waals surface area contributed by atoms with Gasteiger partial charge in [-0.1, -0.05) is 29.8 Å². The lowest BCUT2D eigenvalue weighted by Crippen LogP contribution is -2.03. The summed E-state index contributed by atoms with van der Waals surface area (Å²) >= 11 is 0. The van der Waals surface area contributed by atoms with Gasteiger partial charge in [-0.05, 0) is 19.1 Å².